The van der Waals surface area contributed by atoms with Gasteiger partial charge in [0.05, 0.1) is 17.8 Å². The second kappa shape index (κ2) is 5.47. The second-order valence-electron chi connectivity index (χ2n) is 4.77. The summed E-state index contributed by atoms with van der Waals surface area (Å²) in [5.74, 6) is -1.14. The van der Waals surface area contributed by atoms with E-state index in [-0.39, 0.29) is 35.9 Å². The summed E-state index contributed by atoms with van der Waals surface area (Å²) in [5.41, 5.74) is -0.0485. The van der Waals surface area contributed by atoms with E-state index >= 15 is 0 Å². The van der Waals surface area contributed by atoms with Crippen LogP contribution in [0.1, 0.15) is 24.2 Å². The maximum absolute atomic E-state index is 12.4. The third-order valence-corrected chi connectivity index (χ3v) is 4.72. The van der Waals surface area contributed by atoms with Crippen molar-refractivity contribution >= 4 is 16.0 Å². The van der Waals surface area contributed by atoms with Crippen LogP contribution < -0.4 is 0 Å². The van der Waals surface area contributed by atoms with Crippen molar-refractivity contribution in [2.45, 2.75) is 31.1 Å². The van der Waals surface area contributed by atoms with Crippen molar-refractivity contribution in [3.8, 4) is 0 Å². The number of carbonyl (C=O) groups is 1. The molecule has 0 radical (unpaired) electrons. The van der Waals surface area contributed by atoms with Crippen LogP contribution in [0.15, 0.2) is 23.4 Å². The summed E-state index contributed by atoms with van der Waals surface area (Å²) in [5, 5.41) is 8.63. The quantitative estimate of drug-likeness (QED) is 0.877. The largest absolute Gasteiger partial charge is 0.478 e. The van der Waals surface area contributed by atoms with E-state index in [2.05, 4.69) is 4.98 Å². The highest BCUT2D eigenvalue weighted by atomic mass is 32.2. The molecule has 0 spiro atoms. The van der Waals surface area contributed by atoms with Crippen LogP contribution in [0.25, 0.3) is 0 Å². The second-order valence-corrected chi connectivity index (χ2v) is 6.65. The van der Waals surface area contributed by atoms with Gasteiger partial charge in [-0.2, -0.15) is 4.31 Å². The Morgan fingerprint density at radius 1 is 1.35 bits per heavy atom. The topological polar surface area (TPSA) is 96.8 Å². The highest BCUT2D eigenvalue weighted by Crippen LogP contribution is 2.19. The number of nitrogens with zero attached hydrogens (tertiary/aromatic N) is 2. The molecule has 1 saturated heterocycles. The lowest BCUT2D eigenvalue weighted by Crippen LogP contribution is -2.48. The number of ether oxygens (including phenoxy) is 1. The number of aromatic carboxylic acids is 1. The van der Waals surface area contributed by atoms with Crippen molar-refractivity contribution in [2.24, 2.45) is 0 Å². The molecule has 0 aromatic carbocycles. The number of morpholine rings is 1. The van der Waals surface area contributed by atoms with Crippen molar-refractivity contribution in [3.05, 3.63) is 23.9 Å². The molecule has 110 valence electrons. The van der Waals surface area contributed by atoms with Crippen LogP contribution in [-0.4, -0.2) is 54.1 Å². The third-order valence-electron chi connectivity index (χ3n) is 2.97. The minimum atomic E-state index is -3.72. The van der Waals surface area contributed by atoms with Crippen LogP contribution in [0, 0.1) is 0 Å². The van der Waals surface area contributed by atoms with E-state index in [9.17, 15) is 13.2 Å². The van der Waals surface area contributed by atoms with Crippen molar-refractivity contribution in [3.63, 3.8) is 0 Å². The Balaban J connectivity index is 2.27. The van der Waals surface area contributed by atoms with Gasteiger partial charge in [-0.1, -0.05) is 0 Å². The molecule has 1 N–H and O–H groups in total. The molecule has 1 aromatic rings. The van der Waals surface area contributed by atoms with Gasteiger partial charge in [0.25, 0.3) is 10.0 Å². The molecule has 1 aliphatic rings. The lowest BCUT2D eigenvalue weighted by molar-refractivity contribution is -0.0441. The monoisotopic (exact) mass is 300 g/mol. The van der Waals surface area contributed by atoms with E-state index in [0.717, 1.165) is 6.20 Å². The fourth-order valence-corrected chi connectivity index (χ4v) is 3.62. The van der Waals surface area contributed by atoms with Gasteiger partial charge in [0, 0.05) is 19.3 Å². The number of carboxylic acid groups (broad SMARTS) is 1. The maximum atomic E-state index is 12.4. The highest BCUT2D eigenvalue weighted by molar-refractivity contribution is 7.89. The molecule has 2 rings (SSSR count). The predicted molar refractivity (Wildman–Crippen MR) is 70.0 cm³/mol. The van der Waals surface area contributed by atoms with Crippen molar-refractivity contribution in [1.29, 1.82) is 0 Å². The molecule has 1 fully saturated rings. The van der Waals surface area contributed by atoms with E-state index in [4.69, 9.17) is 9.84 Å². The average Bonchev–Trinajstić information content (AvgIpc) is 2.37. The minimum Gasteiger partial charge on any atom is -0.478 e. The number of hydrogen-bond acceptors (Lipinski definition) is 5. The third kappa shape index (κ3) is 2.97. The summed E-state index contributed by atoms with van der Waals surface area (Å²) >= 11 is 0. The molecule has 0 saturated carbocycles. The molecule has 2 atom stereocenters. The van der Waals surface area contributed by atoms with E-state index in [1.165, 1.54) is 16.4 Å². The average molecular weight is 300 g/mol. The van der Waals surface area contributed by atoms with Crippen molar-refractivity contribution in [2.75, 3.05) is 13.1 Å². The van der Waals surface area contributed by atoms with Gasteiger partial charge in [0.15, 0.2) is 5.03 Å². The molecule has 0 bridgehead atoms. The molecule has 8 heteroatoms. The molecule has 0 amide bonds. The molecular weight excluding hydrogens is 284 g/mol. The zero-order valence-corrected chi connectivity index (χ0v) is 12.0. The Labute approximate surface area is 117 Å². The number of pyridine rings is 1. The first-order chi connectivity index (χ1) is 9.30. The smallest absolute Gasteiger partial charge is 0.337 e. The maximum Gasteiger partial charge on any atom is 0.337 e. The standard InChI is InChI=1S/C12H16N2O5S/c1-8-6-14(7-9(2)19-8)20(17,18)11-4-3-10(5-13-11)12(15)16/h3-5,8-9H,6-7H2,1-2H3,(H,15,16)/t8-,9+. The first kappa shape index (κ1) is 14.9. The fraction of sp³-hybridized carbons (Fsp3) is 0.500. The summed E-state index contributed by atoms with van der Waals surface area (Å²) in [7, 11) is -3.72. The van der Waals surface area contributed by atoms with Gasteiger partial charge in [0.1, 0.15) is 0 Å². The first-order valence-electron chi connectivity index (χ1n) is 6.15. The lowest BCUT2D eigenvalue weighted by atomic mass is 10.3. The van der Waals surface area contributed by atoms with Crippen LogP contribution in [0.2, 0.25) is 0 Å². The zero-order valence-electron chi connectivity index (χ0n) is 11.2. The Kier molecular flexibility index (Phi) is 4.07. The Hall–Kier alpha value is -1.51. The van der Waals surface area contributed by atoms with Crippen LogP contribution in [0.5, 0.6) is 0 Å². The molecular formula is C12H16N2O5S. The number of aromatic nitrogens is 1. The molecule has 20 heavy (non-hydrogen) atoms. The van der Waals surface area contributed by atoms with Gasteiger partial charge < -0.3 is 9.84 Å². The summed E-state index contributed by atoms with van der Waals surface area (Å²) in [6.45, 7) is 4.13. The van der Waals surface area contributed by atoms with E-state index in [1.54, 1.807) is 13.8 Å². The molecule has 1 aliphatic heterocycles. The summed E-state index contributed by atoms with van der Waals surface area (Å²) in [6, 6.07) is 2.44. The fourth-order valence-electron chi connectivity index (χ4n) is 2.12. The van der Waals surface area contributed by atoms with Gasteiger partial charge in [-0.3, -0.25) is 0 Å². The number of carboxylic acids is 1. The minimum absolute atomic E-state index is 0.0485. The highest BCUT2D eigenvalue weighted by Gasteiger charge is 2.33. The van der Waals surface area contributed by atoms with Gasteiger partial charge in [-0.25, -0.2) is 18.2 Å². The summed E-state index contributed by atoms with van der Waals surface area (Å²) in [4.78, 5) is 14.5. The van der Waals surface area contributed by atoms with Crippen LogP contribution >= 0.6 is 0 Å². The van der Waals surface area contributed by atoms with Crippen molar-refractivity contribution in [1.82, 2.24) is 9.29 Å². The van der Waals surface area contributed by atoms with Crippen LogP contribution in [0.4, 0.5) is 0 Å². The van der Waals surface area contributed by atoms with Gasteiger partial charge in [0.2, 0.25) is 0 Å². The molecule has 0 aliphatic carbocycles. The normalized spacial score (nSPS) is 24.5. The SMILES string of the molecule is C[C@@H]1CN(S(=O)(=O)c2ccc(C(=O)O)cn2)C[C@H](C)O1. The van der Waals surface area contributed by atoms with E-state index in [0.29, 0.717) is 0 Å². The first-order valence-corrected chi connectivity index (χ1v) is 7.59. The van der Waals surface area contributed by atoms with Gasteiger partial charge >= 0.3 is 5.97 Å². The Morgan fingerprint density at radius 2 is 1.95 bits per heavy atom. The van der Waals surface area contributed by atoms with Crippen LogP contribution in [-0.2, 0) is 14.8 Å². The van der Waals surface area contributed by atoms with Crippen LogP contribution in [0.3, 0.4) is 0 Å². The van der Waals surface area contributed by atoms with Gasteiger partial charge in [-0.05, 0) is 26.0 Å². The molecule has 0 unspecified atom stereocenters. The van der Waals surface area contributed by atoms with Gasteiger partial charge in [-0.15, -0.1) is 0 Å². The van der Waals surface area contributed by atoms with E-state index in [1.807, 2.05) is 0 Å². The molecule has 1 aromatic heterocycles. The summed E-state index contributed by atoms with van der Waals surface area (Å²) in [6.07, 6.45) is 0.668. The molecule has 7 nitrogen and oxygen atoms in total. The zero-order chi connectivity index (χ0) is 14.9. The van der Waals surface area contributed by atoms with E-state index < -0.39 is 16.0 Å². The predicted octanol–water partition coefficient (Wildman–Crippen LogP) is 0.578. The lowest BCUT2D eigenvalue weighted by Gasteiger charge is -2.34. The Morgan fingerprint density at radius 3 is 2.40 bits per heavy atom. The van der Waals surface area contributed by atoms with Crippen molar-refractivity contribution < 1.29 is 23.1 Å². The Bertz CT molecular complexity index is 589. The number of rotatable bonds is 3. The number of hydrogen-bond donors (Lipinski definition) is 1. The molecule has 2 heterocycles. The summed E-state index contributed by atoms with van der Waals surface area (Å²) < 4.78 is 31.6. The number of sulfonamides is 1.